The van der Waals surface area contributed by atoms with E-state index in [-0.39, 0.29) is 11.9 Å². The molecule has 4 aromatic rings. The Kier molecular flexibility index (Phi) is 5.52. The molecule has 1 aromatic carbocycles. The topological polar surface area (TPSA) is 110 Å². The molecule has 1 fully saturated rings. The van der Waals surface area contributed by atoms with Crippen LogP contribution in [0.2, 0.25) is 0 Å². The lowest BCUT2D eigenvalue weighted by Crippen LogP contribution is -2.54. The van der Waals surface area contributed by atoms with Gasteiger partial charge in [0, 0.05) is 61.1 Å². The molecule has 0 radical (unpaired) electrons. The minimum atomic E-state index is -0.297. The molecule has 2 atom stereocenters. The summed E-state index contributed by atoms with van der Waals surface area (Å²) >= 11 is 0. The fourth-order valence-electron chi connectivity index (χ4n) is 4.72. The molecule has 176 valence electrons. The number of aromatic nitrogens is 5. The van der Waals surface area contributed by atoms with Crippen LogP contribution in [0.25, 0.3) is 21.8 Å². The molecule has 2 N–H and O–H groups in total. The van der Waals surface area contributed by atoms with Gasteiger partial charge in [0.2, 0.25) is 0 Å². The highest BCUT2D eigenvalue weighted by Crippen LogP contribution is 2.31. The Morgan fingerprint density at radius 2 is 1.94 bits per heavy atom. The normalized spacial score (nSPS) is 18.4. The van der Waals surface area contributed by atoms with Gasteiger partial charge in [0.25, 0.3) is 5.91 Å². The van der Waals surface area contributed by atoms with Crippen molar-refractivity contribution in [3.8, 4) is 6.01 Å². The summed E-state index contributed by atoms with van der Waals surface area (Å²) in [6.45, 7) is 7.92. The molecular weight excluding hydrogens is 432 g/mol. The Labute approximate surface area is 197 Å². The molecule has 1 saturated heterocycles. The van der Waals surface area contributed by atoms with Gasteiger partial charge in [-0.25, -0.2) is 9.97 Å². The SMILES string of the molecule is COc1ncc2c(N3CC(C)NC(C)C3)ccc(C(=O)Nc3cc4cn(C)nc4c(C)n3)c2n1. The molecule has 0 spiro atoms. The smallest absolute Gasteiger partial charge is 0.316 e. The largest absolute Gasteiger partial charge is 0.467 e. The standard InChI is InChI=1S/C24H28N8O2/c1-13-10-32(11-14(2)26-13)19-7-6-17(22-18(19)9-25-24(29-22)34-5)23(33)28-20-8-16-12-31(4)30-21(16)15(3)27-20/h6-9,12-14,26H,10-11H2,1-5H3,(H,28,33). The summed E-state index contributed by atoms with van der Waals surface area (Å²) in [5.74, 6) is 0.167. The van der Waals surface area contributed by atoms with Crippen molar-refractivity contribution in [2.45, 2.75) is 32.9 Å². The molecule has 0 bridgehead atoms. The van der Waals surface area contributed by atoms with E-state index >= 15 is 0 Å². The van der Waals surface area contributed by atoms with E-state index in [1.165, 1.54) is 7.11 Å². The van der Waals surface area contributed by atoms with Gasteiger partial charge in [-0.15, -0.1) is 0 Å². The van der Waals surface area contributed by atoms with E-state index in [0.29, 0.717) is 29.0 Å². The number of methoxy groups -OCH3 is 1. The maximum atomic E-state index is 13.4. The third kappa shape index (κ3) is 4.01. The van der Waals surface area contributed by atoms with Crippen molar-refractivity contribution in [2.24, 2.45) is 7.05 Å². The number of nitrogens with zero attached hydrogens (tertiary/aromatic N) is 6. The fourth-order valence-corrected chi connectivity index (χ4v) is 4.72. The van der Waals surface area contributed by atoms with E-state index in [2.05, 4.69) is 49.4 Å². The van der Waals surface area contributed by atoms with Crippen molar-refractivity contribution in [1.29, 1.82) is 0 Å². The minimum Gasteiger partial charge on any atom is -0.467 e. The summed E-state index contributed by atoms with van der Waals surface area (Å²) in [6.07, 6.45) is 3.63. The molecule has 3 aromatic heterocycles. The number of nitrogens with one attached hydrogen (secondary N) is 2. The third-order valence-corrected chi connectivity index (χ3v) is 6.05. The second-order valence-electron chi connectivity index (χ2n) is 8.91. The number of rotatable bonds is 4. The van der Waals surface area contributed by atoms with Crippen molar-refractivity contribution in [2.75, 3.05) is 30.4 Å². The van der Waals surface area contributed by atoms with E-state index in [0.717, 1.165) is 40.8 Å². The first-order valence-corrected chi connectivity index (χ1v) is 11.3. The first-order valence-electron chi connectivity index (χ1n) is 11.3. The van der Waals surface area contributed by atoms with Crippen LogP contribution in [-0.4, -0.2) is 62.9 Å². The number of carbonyl (C=O) groups excluding carboxylic acids is 1. The molecular formula is C24H28N8O2. The third-order valence-electron chi connectivity index (χ3n) is 6.05. The van der Waals surface area contributed by atoms with Gasteiger partial charge in [-0.2, -0.15) is 10.1 Å². The number of fused-ring (bicyclic) bond motifs is 2. The molecule has 1 aliphatic rings. The lowest BCUT2D eigenvalue weighted by Gasteiger charge is -2.38. The lowest BCUT2D eigenvalue weighted by molar-refractivity contribution is 0.102. The highest BCUT2D eigenvalue weighted by atomic mass is 16.5. The molecule has 1 amide bonds. The number of benzene rings is 1. The highest BCUT2D eigenvalue weighted by molar-refractivity contribution is 6.13. The first kappa shape index (κ1) is 22.0. The summed E-state index contributed by atoms with van der Waals surface area (Å²) in [4.78, 5) is 29.1. The van der Waals surface area contributed by atoms with Gasteiger partial charge in [-0.3, -0.25) is 9.48 Å². The zero-order valence-electron chi connectivity index (χ0n) is 20.0. The van der Waals surface area contributed by atoms with E-state index in [1.807, 2.05) is 38.4 Å². The van der Waals surface area contributed by atoms with Crippen molar-refractivity contribution in [3.05, 3.63) is 41.9 Å². The maximum Gasteiger partial charge on any atom is 0.316 e. The summed E-state index contributed by atoms with van der Waals surface area (Å²) in [7, 11) is 3.37. The van der Waals surface area contributed by atoms with Crippen LogP contribution in [0.15, 0.2) is 30.6 Å². The van der Waals surface area contributed by atoms with Gasteiger partial charge in [-0.05, 0) is 39.0 Å². The molecule has 5 rings (SSSR count). The molecule has 4 heterocycles. The van der Waals surface area contributed by atoms with Crippen LogP contribution in [0.4, 0.5) is 11.5 Å². The minimum absolute atomic E-state index is 0.214. The zero-order valence-corrected chi connectivity index (χ0v) is 20.0. The van der Waals surface area contributed by atoms with Crippen molar-refractivity contribution < 1.29 is 9.53 Å². The molecule has 1 aliphatic heterocycles. The molecule has 10 nitrogen and oxygen atoms in total. The zero-order chi connectivity index (χ0) is 24.0. The summed E-state index contributed by atoms with van der Waals surface area (Å²) < 4.78 is 7.00. The van der Waals surface area contributed by atoms with E-state index in [1.54, 1.807) is 10.9 Å². The number of pyridine rings is 1. The van der Waals surface area contributed by atoms with Crippen LogP contribution in [0.1, 0.15) is 29.9 Å². The summed E-state index contributed by atoms with van der Waals surface area (Å²) in [5.41, 5.74) is 3.54. The van der Waals surface area contributed by atoms with Gasteiger partial charge in [0.1, 0.15) is 11.3 Å². The van der Waals surface area contributed by atoms with E-state index < -0.39 is 0 Å². The van der Waals surface area contributed by atoms with Gasteiger partial charge in [0.15, 0.2) is 0 Å². The van der Waals surface area contributed by atoms with Crippen molar-refractivity contribution in [1.82, 2.24) is 30.0 Å². The van der Waals surface area contributed by atoms with E-state index in [9.17, 15) is 4.79 Å². The molecule has 0 aliphatic carbocycles. The van der Waals surface area contributed by atoms with Gasteiger partial charge >= 0.3 is 6.01 Å². The Bertz CT molecular complexity index is 1390. The summed E-state index contributed by atoms with van der Waals surface area (Å²) in [6, 6.07) is 6.51. The quantitative estimate of drug-likeness (QED) is 0.478. The van der Waals surface area contributed by atoms with Crippen LogP contribution in [0.5, 0.6) is 6.01 Å². The Morgan fingerprint density at radius 3 is 2.68 bits per heavy atom. The van der Waals surface area contributed by atoms with Gasteiger partial charge in [0.05, 0.1) is 23.9 Å². The number of amides is 1. The lowest BCUT2D eigenvalue weighted by atomic mass is 10.0. The second kappa shape index (κ2) is 8.53. The maximum absolute atomic E-state index is 13.4. The predicted octanol–water partition coefficient (Wildman–Crippen LogP) is 2.67. The van der Waals surface area contributed by atoms with Crippen LogP contribution < -0.4 is 20.3 Å². The number of ether oxygens (including phenoxy) is 1. The molecule has 0 saturated carbocycles. The van der Waals surface area contributed by atoms with Gasteiger partial charge < -0.3 is 20.3 Å². The fraction of sp³-hybridized carbons (Fsp3) is 0.375. The van der Waals surface area contributed by atoms with Crippen LogP contribution in [0.3, 0.4) is 0 Å². The first-order chi connectivity index (χ1) is 16.3. The number of piperazine rings is 1. The Hall–Kier alpha value is -3.79. The molecule has 34 heavy (non-hydrogen) atoms. The monoisotopic (exact) mass is 460 g/mol. The van der Waals surface area contributed by atoms with Crippen molar-refractivity contribution >= 4 is 39.2 Å². The molecule has 2 unspecified atom stereocenters. The number of carbonyl (C=O) groups is 1. The van der Waals surface area contributed by atoms with Gasteiger partial charge in [-0.1, -0.05) is 0 Å². The second-order valence-corrected chi connectivity index (χ2v) is 8.91. The van der Waals surface area contributed by atoms with Crippen LogP contribution in [-0.2, 0) is 7.05 Å². The number of hydrogen-bond donors (Lipinski definition) is 2. The molecule has 10 heteroatoms. The number of anilines is 2. The van der Waals surface area contributed by atoms with Crippen LogP contribution in [0, 0.1) is 6.92 Å². The number of aryl methyl sites for hydroxylation is 2. The average Bonchev–Trinajstić information content (AvgIpc) is 3.18. The Balaban J connectivity index is 1.54. The Morgan fingerprint density at radius 1 is 1.18 bits per heavy atom. The summed E-state index contributed by atoms with van der Waals surface area (Å²) in [5, 5.41) is 12.6. The highest BCUT2D eigenvalue weighted by Gasteiger charge is 2.25. The van der Waals surface area contributed by atoms with Crippen molar-refractivity contribution in [3.63, 3.8) is 0 Å². The van der Waals surface area contributed by atoms with Crippen LogP contribution >= 0.6 is 0 Å². The predicted molar refractivity (Wildman–Crippen MR) is 132 cm³/mol. The number of hydrogen-bond acceptors (Lipinski definition) is 8. The average molecular weight is 461 g/mol. The van der Waals surface area contributed by atoms with E-state index in [4.69, 9.17) is 4.74 Å².